The van der Waals surface area contributed by atoms with Gasteiger partial charge in [-0.2, -0.15) is 0 Å². The van der Waals surface area contributed by atoms with Gasteiger partial charge < -0.3 is 10.3 Å². The molecule has 0 fully saturated rings. The number of nitrogens with zero attached hydrogens (tertiary/aromatic N) is 1. The van der Waals surface area contributed by atoms with Crippen LogP contribution >= 0.6 is 12.2 Å². The Morgan fingerprint density at radius 3 is 2.86 bits per heavy atom. The van der Waals surface area contributed by atoms with E-state index in [1.165, 1.54) is 0 Å². The second kappa shape index (κ2) is 3.06. The Kier molecular flexibility index (Phi) is 1.99. The van der Waals surface area contributed by atoms with Crippen molar-refractivity contribution in [3.05, 3.63) is 15.1 Å². The Morgan fingerprint density at radius 2 is 2.14 bits per heavy atom. The monoisotopic (exact) mass is 210 g/mol. The van der Waals surface area contributed by atoms with Crippen LogP contribution in [0.25, 0.3) is 0 Å². The van der Waals surface area contributed by atoms with Gasteiger partial charge in [0.15, 0.2) is 10.5 Å². The molecule has 6 heteroatoms. The van der Waals surface area contributed by atoms with Crippen LogP contribution in [-0.4, -0.2) is 21.7 Å². The Labute approximate surface area is 85.3 Å². The van der Waals surface area contributed by atoms with Gasteiger partial charge in [0, 0.05) is 5.71 Å². The van der Waals surface area contributed by atoms with E-state index >= 15 is 0 Å². The first-order valence-corrected chi connectivity index (χ1v) is 4.67. The standard InChI is InChI=1S/C8H10N4OS/c1-3-4(2)10-6-5(9-3)7(13)12-8(14)11-6/h4H,1-2H3,(H3,10,11,12,13,14). The van der Waals surface area contributed by atoms with Gasteiger partial charge in [0.1, 0.15) is 5.82 Å². The molecule has 0 spiro atoms. The molecule has 5 nitrogen and oxygen atoms in total. The quantitative estimate of drug-likeness (QED) is 0.566. The van der Waals surface area contributed by atoms with Crippen molar-refractivity contribution < 1.29 is 0 Å². The summed E-state index contributed by atoms with van der Waals surface area (Å²) in [6.45, 7) is 3.85. The van der Waals surface area contributed by atoms with Gasteiger partial charge in [-0.1, -0.05) is 0 Å². The minimum Gasteiger partial charge on any atom is -0.362 e. The van der Waals surface area contributed by atoms with E-state index in [1.54, 1.807) is 0 Å². The normalized spacial score (nSPS) is 19.6. The second-order valence-corrected chi connectivity index (χ2v) is 3.66. The van der Waals surface area contributed by atoms with Crippen LogP contribution in [0.1, 0.15) is 13.8 Å². The molecule has 1 aromatic rings. The third kappa shape index (κ3) is 1.37. The Balaban J connectivity index is 2.72. The fourth-order valence-electron chi connectivity index (χ4n) is 1.29. The topological polar surface area (TPSA) is 73.0 Å². The first-order valence-electron chi connectivity index (χ1n) is 4.26. The molecule has 14 heavy (non-hydrogen) atoms. The van der Waals surface area contributed by atoms with Crippen LogP contribution in [0.4, 0.5) is 11.5 Å². The lowest BCUT2D eigenvalue weighted by atomic mass is 10.2. The predicted octanol–water partition coefficient (Wildman–Crippen LogP) is 1.34. The summed E-state index contributed by atoms with van der Waals surface area (Å²) in [6, 6.07) is 0.120. The minimum absolute atomic E-state index is 0.120. The van der Waals surface area contributed by atoms with E-state index in [0.29, 0.717) is 16.3 Å². The molecular formula is C8H10N4OS. The summed E-state index contributed by atoms with van der Waals surface area (Å²) in [7, 11) is 0. The molecule has 0 aliphatic carbocycles. The van der Waals surface area contributed by atoms with Gasteiger partial charge in [0.2, 0.25) is 0 Å². The average molecular weight is 210 g/mol. The van der Waals surface area contributed by atoms with Gasteiger partial charge in [-0.25, -0.2) is 4.99 Å². The molecule has 0 saturated heterocycles. The van der Waals surface area contributed by atoms with Crippen LogP contribution in [0.2, 0.25) is 0 Å². The maximum Gasteiger partial charge on any atom is 0.279 e. The lowest BCUT2D eigenvalue weighted by Gasteiger charge is -2.20. The number of aliphatic imine (C=N–C) groups is 1. The van der Waals surface area contributed by atoms with Crippen LogP contribution in [0, 0.1) is 4.77 Å². The lowest BCUT2D eigenvalue weighted by Crippen LogP contribution is -2.29. The maximum absolute atomic E-state index is 11.4. The van der Waals surface area contributed by atoms with E-state index < -0.39 is 0 Å². The molecule has 1 atom stereocenters. The zero-order valence-electron chi connectivity index (χ0n) is 7.84. The maximum atomic E-state index is 11.4. The van der Waals surface area contributed by atoms with Gasteiger partial charge in [0.25, 0.3) is 5.56 Å². The van der Waals surface area contributed by atoms with Crippen molar-refractivity contribution in [1.82, 2.24) is 9.97 Å². The number of hydrogen-bond donors (Lipinski definition) is 3. The minimum atomic E-state index is -0.262. The first kappa shape index (κ1) is 9.14. The molecule has 0 amide bonds. The third-order valence-electron chi connectivity index (χ3n) is 2.19. The first-order chi connectivity index (χ1) is 6.58. The second-order valence-electron chi connectivity index (χ2n) is 3.25. The summed E-state index contributed by atoms with van der Waals surface area (Å²) in [5.41, 5.74) is 0.991. The van der Waals surface area contributed by atoms with Crippen molar-refractivity contribution >= 4 is 29.4 Å². The molecule has 74 valence electrons. The molecule has 0 saturated carbocycles. The van der Waals surface area contributed by atoms with Crippen LogP contribution in [0.5, 0.6) is 0 Å². The Bertz CT molecular complexity index is 513. The van der Waals surface area contributed by atoms with Gasteiger partial charge in [-0.05, 0) is 26.1 Å². The largest absolute Gasteiger partial charge is 0.362 e. The third-order valence-corrected chi connectivity index (χ3v) is 2.40. The van der Waals surface area contributed by atoms with Gasteiger partial charge in [0.05, 0.1) is 6.04 Å². The fraction of sp³-hybridized carbons (Fsp3) is 0.375. The summed E-state index contributed by atoms with van der Waals surface area (Å²) in [5.74, 6) is 0.594. The highest BCUT2D eigenvalue weighted by atomic mass is 32.1. The van der Waals surface area contributed by atoms with E-state index in [0.717, 1.165) is 5.71 Å². The molecule has 0 bridgehead atoms. The van der Waals surface area contributed by atoms with E-state index in [-0.39, 0.29) is 11.6 Å². The molecule has 1 aromatic heterocycles. The number of fused-ring (bicyclic) bond motifs is 1. The van der Waals surface area contributed by atoms with Crippen LogP contribution in [0.3, 0.4) is 0 Å². The molecule has 1 unspecified atom stereocenters. The summed E-state index contributed by atoms with van der Waals surface area (Å²) in [6.07, 6.45) is 0. The SMILES string of the molecule is CC1=Nc2c([nH]c(=S)[nH]c2=O)NC1C. The molecule has 0 aromatic carbocycles. The summed E-state index contributed by atoms with van der Waals surface area (Å²) in [5, 5.41) is 3.12. The van der Waals surface area contributed by atoms with E-state index in [2.05, 4.69) is 20.3 Å². The zero-order chi connectivity index (χ0) is 10.3. The highest BCUT2D eigenvalue weighted by Gasteiger charge is 2.17. The number of H-pyrrole nitrogens is 2. The number of rotatable bonds is 0. The van der Waals surface area contributed by atoms with Crippen molar-refractivity contribution in [2.75, 3.05) is 5.32 Å². The number of aromatic amines is 2. The number of nitrogens with one attached hydrogen (secondary N) is 3. The van der Waals surface area contributed by atoms with E-state index in [1.807, 2.05) is 13.8 Å². The van der Waals surface area contributed by atoms with Gasteiger partial charge >= 0.3 is 0 Å². The summed E-state index contributed by atoms with van der Waals surface area (Å²) >= 11 is 4.85. The van der Waals surface area contributed by atoms with Crippen molar-refractivity contribution in [2.45, 2.75) is 19.9 Å². The predicted molar refractivity (Wildman–Crippen MR) is 58.1 cm³/mol. The molecular weight excluding hydrogens is 200 g/mol. The Hall–Kier alpha value is -1.43. The highest BCUT2D eigenvalue weighted by Crippen LogP contribution is 2.22. The lowest BCUT2D eigenvalue weighted by molar-refractivity contribution is 0.965. The molecule has 1 aliphatic heterocycles. The van der Waals surface area contributed by atoms with Gasteiger partial charge in [-0.3, -0.25) is 9.78 Å². The molecule has 2 heterocycles. The van der Waals surface area contributed by atoms with Crippen molar-refractivity contribution in [3.8, 4) is 0 Å². The van der Waals surface area contributed by atoms with Crippen molar-refractivity contribution in [1.29, 1.82) is 0 Å². The molecule has 0 radical (unpaired) electrons. The van der Waals surface area contributed by atoms with Crippen LogP contribution in [-0.2, 0) is 0 Å². The smallest absolute Gasteiger partial charge is 0.279 e. The average Bonchev–Trinajstić information content (AvgIpc) is 2.08. The summed E-state index contributed by atoms with van der Waals surface area (Å²) in [4.78, 5) is 21.0. The molecule has 3 N–H and O–H groups in total. The number of anilines is 1. The number of aromatic nitrogens is 2. The highest BCUT2D eigenvalue weighted by molar-refractivity contribution is 7.71. The zero-order valence-corrected chi connectivity index (χ0v) is 8.66. The van der Waals surface area contributed by atoms with Gasteiger partial charge in [-0.15, -0.1) is 0 Å². The van der Waals surface area contributed by atoms with E-state index in [9.17, 15) is 4.79 Å². The van der Waals surface area contributed by atoms with Crippen molar-refractivity contribution in [2.24, 2.45) is 4.99 Å². The van der Waals surface area contributed by atoms with E-state index in [4.69, 9.17) is 12.2 Å². The fourth-order valence-corrected chi connectivity index (χ4v) is 1.48. The van der Waals surface area contributed by atoms with Crippen molar-refractivity contribution in [3.63, 3.8) is 0 Å². The van der Waals surface area contributed by atoms with Crippen LogP contribution < -0.4 is 10.9 Å². The molecule has 2 rings (SSSR count). The van der Waals surface area contributed by atoms with Crippen LogP contribution in [0.15, 0.2) is 9.79 Å². The molecule has 1 aliphatic rings. The summed E-state index contributed by atoms with van der Waals surface area (Å²) < 4.78 is 0.309. The number of hydrogen-bond acceptors (Lipinski definition) is 4. The Morgan fingerprint density at radius 1 is 1.43 bits per heavy atom.